The van der Waals surface area contributed by atoms with E-state index in [0.717, 1.165) is 49.7 Å². The molecule has 0 aromatic heterocycles. The van der Waals surface area contributed by atoms with Crippen molar-refractivity contribution in [1.82, 2.24) is 15.7 Å². The zero-order valence-corrected chi connectivity index (χ0v) is 30.0. The van der Waals surface area contributed by atoms with Crippen LogP contribution in [-0.2, 0) is 44.7 Å². The molecule has 284 valence electrons. The van der Waals surface area contributed by atoms with Crippen molar-refractivity contribution in [3.05, 3.63) is 41.7 Å². The molecule has 0 radical (unpaired) electrons. The number of nitrogens with zero attached hydrogens (tertiary/aromatic N) is 1. The maximum atomic E-state index is 14.7. The largest absolute Gasteiger partial charge is 0.499 e. The Morgan fingerprint density at radius 1 is 1.08 bits per heavy atom. The highest BCUT2D eigenvalue weighted by Gasteiger charge is 2.76. The van der Waals surface area contributed by atoms with E-state index in [9.17, 15) is 24.6 Å². The van der Waals surface area contributed by atoms with E-state index < -0.39 is 71.6 Å². The number of carbonyl (C=O) groups excluding carboxylic acids is 3. The summed E-state index contributed by atoms with van der Waals surface area (Å²) in [6, 6.07) is 4.95. The lowest BCUT2D eigenvalue weighted by molar-refractivity contribution is -0.224. The lowest BCUT2D eigenvalue weighted by atomic mass is 9.62. The molecule has 8 atom stereocenters. The van der Waals surface area contributed by atoms with Gasteiger partial charge in [0, 0.05) is 25.8 Å². The van der Waals surface area contributed by atoms with E-state index in [1.165, 1.54) is 18.2 Å². The van der Waals surface area contributed by atoms with Gasteiger partial charge in [-0.2, -0.15) is 5.06 Å². The molecule has 1 aromatic carbocycles. The number of carbonyl (C=O) groups is 3. The molecule has 51 heavy (non-hydrogen) atoms. The number of rotatable bonds is 20. The number of unbranched alkanes of at least 4 members (excludes halogenated alkanes) is 4. The van der Waals surface area contributed by atoms with Crippen LogP contribution in [0.3, 0.4) is 0 Å². The number of hydrogen-bond acceptors (Lipinski definition) is 12. The monoisotopic (exact) mass is 717 g/mol. The quantitative estimate of drug-likeness (QED) is 0.0753. The van der Waals surface area contributed by atoms with Gasteiger partial charge >= 0.3 is 5.97 Å². The minimum absolute atomic E-state index is 0.0610. The first-order chi connectivity index (χ1) is 24.6. The normalized spacial score (nSPS) is 29.0. The van der Waals surface area contributed by atoms with E-state index in [1.807, 2.05) is 24.3 Å². The lowest BCUT2D eigenvalue weighted by Gasteiger charge is -2.49. The zero-order valence-electron chi connectivity index (χ0n) is 30.0. The Labute approximate surface area is 299 Å². The van der Waals surface area contributed by atoms with Crippen molar-refractivity contribution in [3.8, 4) is 0 Å². The van der Waals surface area contributed by atoms with Gasteiger partial charge in [0.2, 0.25) is 11.8 Å². The highest BCUT2D eigenvalue weighted by Crippen LogP contribution is 2.58. The summed E-state index contributed by atoms with van der Waals surface area (Å²) in [6.07, 6.45) is 5.93. The Morgan fingerprint density at radius 3 is 2.47 bits per heavy atom. The number of esters is 1. The van der Waals surface area contributed by atoms with Gasteiger partial charge in [0.1, 0.15) is 42.5 Å². The molecule has 1 aliphatic carbocycles. The number of aliphatic hydroxyl groups excluding tert-OH is 3. The van der Waals surface area contributed by atoms with Crippen molar-refractivity contribution in [2.75, 3.05) is 26.4 Å². The first-order valence-electron chi connectivity index (χ1n) is 18.5. The number of benzene rings is 1. The Balaban J connectivity index is 1.51. The molecule has 5 N–H and O–H groups in total. The molecule has 4 aliphatic rings. The van der Waals surface area contributed by atoms with Crippen LogP contribution in [0.4, 0.5) is 0 Å². The molecule has 14 nitrogen and oxygen atoms in total. The van der Waals surface area contributed by atoms with Gasteiger partial charge in [-0.15, -0.1) is 0 Å². The van der Waals surface area contributed by atoms with Gasteiger partial charge in [-0.1, -0.05) is 63.8 Å². The van der Waals surface area contributed by atoms with Crippen LogP contribution in [0.15, 0.2) is 30.5 Å². The summed E-state index contributed by atoms with van der Waals surface area (Å²) >= 11 is 0. The molecular formula is C37H55N3O11. The summed E-state index contributed by atoms with van der Waals surface area (Å²) in [5, 5.41) is 35.6. The van der Waals surface area contributed by atoms with Crippen molar-refractivity contribution in [2.24, 2.45) is 5.41 Å². The van der Waals surface area contributed by atoms with Crippen molar-refractivity contribution in [1.29, 1.82) is 0 Å². The van der Waals surface area contributed by atoms with Gasteiger partial charge in [-0.3, -0.25) is 19.2 Å². The van der Waals surface area contributed by atoms with E-state index in [1.54, 1.807) is 6.08 Å². The first kappa shape index (κ1) is 39.1. The summed E-state index contributed by atoms with van der Waals surface area (Å²) in [6.45, 7) is 5.45. The van der Waals surface area contributed by atoms with E-state index in [4.69, 9.17) is 28.9 Å². The van der Waals surface area contributed by atoms with E-state index in [2.05, 4.69) is 24.5 Å². The number of hydrogen-bond donors (Lipinski definition) is 5. The number of fused-ring (bicyclic) bond motifs is 4. The lowest BCUT2D eigenvalue weighted by Crippen LogP contribution is -2.71. The fourth-order valence-corrected chi connectivity index (χ4v) is 7.89. The van der Waals surface area contributed by atoms with Crippen LogP contribution < -0.4 is 10.6 Å². The standard InChI is InChI=1S/C37H55N3O11/c1-4-6-8-14-36(15-9-7-5-2)49-29-27-22-37(35(46)39-28(24(3)43)33(44)38-16-17-41)31(34(45)48-27)40(51-32(37)30(29)50-36)23-26-12-10-11-25(21-26)13-19-47-20-18-42/h10-13,19,21,24,27-32,41-43H,4-9,14-18,20,22-23H2,1-3H3,(H,38,44)(H,39,46)/t24-,27?,28+,29-,30-,31-,32+,37?/m0/s1. The average molecular weight is 718 g/mol. The third kappa shape index (κ3) is 8.43. The molecule has 14 heteroatoms. The van der Waals surface area contributed by atoms with Crippen molar-refractivity contribution >= 4 is 23.9 Å². The van der Waals surface area contributed by atoms with E-state index >= 15 is 0 Å². The molecule has 1 aromatic rings. The molecule has 2 amide bonds. The van der Waals surface area contributed by atoms with E-state index in [0.29, 0.717) is 12.8 Å². The molecule has 5 rings (SSSR count). The summed E-state index contributed by atoms with van der Waals surface area (Å²) in [5.74, 6) is -2.89. The first-order valence-corrected chi connectivity index (χ1v) is 18.5. The molecule has 2 bridgehead atoms. The van der Waals surface area contributed by atoms with Crippen molar-refractivity contribution < 1.29 is 53.5 Å². The fraction of sp³-hybridized carbons (Fsp3) is 0.703. The smallest absolute Gasteiger partial charge is 0.327 e. The second-order valence-electron chi connectivity index (χ2n) is 14.1. The second kappa shape index (κ2) is 17.6. The number of amides is 2. The minimum atomic E-state index is -1.55. The Morgan fingerprint density at radius 2 is 1.80 bits per heavy atom. The zero-order chi connectivity index (χ0) is 36.6. The van der Waals surface area contributed by atoms with Crippen LogP contribution in [0.25, 0.3) is 6.08 Å². The van der Waals surface area contributed by atoms with Crippen LogP contribution in [0.2, 0.25) is 0 Å². The predicted molar refractivity (Wildman–Crippen MR) is 184 cm³/mol. The summed E-state index contributed by atoms with van der Waals surface area (Å²) in [5.41, 5.74) is 0.0429. The van der Waals surface area contributed by atoms with Crippen LogP contribution >= 0.6 is 0 Å². The maximum absolute atomic E-state index is 14.7. The Hall–Kier alpha value is -3.11. The molecular weight excluding hydrogens is 662 g/mol. The third-order valence-electron chi connectivity index (χ3n) is 10.3. The van der Waals surface area contributed by atoms with Gasteiger partial charge in [-0.25, -0.2) is 0 Å². The van der Waals surface area contributed by atoms with Crippen molar-refractivity contribution in [3.63, 3.8) is 0 Å². The second-order valence-corrected chi connectivity index (χ2v) is 14.1. The highest BCUT2D eigenvalue weighted by atomic mass is 16.8. The molecule has 3 heterocycles. The number of ether oxygens (including phenoxy) is 4. The average Bonchev–Trinajstić information content (AvgIpc) is 3.66. The summed E-state index contributed by atoms with van der Waals surface area (Å²) in [4.78, 5) is 48.5. The SMILES string of the molecule is CCCCCC1(CCCCC)O[C@@H]2[C@H]3ON(Cc4cccc(C=COCCO)c4)[C@H]4C(=O)OC(CC34C(=O)N[C@@H](C(=O)NCCO)[C@H](C)O)[C@@H]2O1. The molecule has 3 aliphatic heterocycles. The van der Waals surface area contributed by atoms with Gasteiger partial charge in [0.25, 0.3) is 0 Å². The van der Waals surface area contributed by atoms with Crippen LogP contribution in [0.5, 0.6) is 0 Å². The summed E-state index contributed by atoms with van der Waals surface area (Å²) in [7, 11) is 0. The topological polar surface area (TPSA) is 185 Å². The highest BCUT2D eigenvalue weighted by molar-refractivity contribution is 5.96. The maximum Gasteiger partial charge on any atom is 0.327 e. The summed E-state index contributed by atoms with van der Waals surface area (Å²) < 4.78 is 25.1. The predicted octanol–water partition coefficient (Wildman–Crippen LogP) is 2.08. The molecule has 0 spiro atoms. The Bertz CT molecular complexity index is 1360. The van der Waals surface area contributed by atoms with Crippen LogP contribution in [0.1, 0.15) is 89.7 Å². The fourth-order valence-electron chi connectivity index (χ4n) is 7.89. The Kier molecular flexibility index (Phi) is 13.5. The molecule has 2 unspecified atom stereocenters. The van der Waals surface area contributed by atoms with Gasteiger partial charge < -0.3 is 44.9 Å². The third-order valence-corrected chi connectivity index (χ3v) is 10.3. The van der Waals surface area contributed by atoms with Crippen molar-refractivity contribution in [2.45, 2.75) is 133 Å². The van der Waals surface area contributed by atoms with Crippen LogP contribution in [0, 0.1) is 5.41 Å². The van der Waals surface area contributed by atoms with Crippen LogP contribution in [-0.4, -0.2) is 113 Å². The van der Waals surface area contributed by atoms with Gasteiger partial charge in [-0.05, 0) is 37.0 Å². The number of hydroxylamine groups is 2. The number of aliphatic hydroxyl groups is 3. The van der Waals surface area contributed by atoms with Gasteiger partial charge in [0.15, 0.2) is 11.8 Å². The van der Waals surface area contributed by atoms with Gasteiger partial charge in [0.05, 0.1) is 32.1 Å². The molecule has 4 fully saturated rings. The number of nitrogens with one attached hydrogen (secondary N) is 2. The van der Waals surface area contributed by atoms with E-state index in [-0.39, 0.29) is 39.3 Å². The minimum Gasteiger partial charge on any atom is -0.499 e. The molecule has 3 saturated heterocycles. The molecule has 1 saturated carbocycles.